The second-order valence-electron chi connectivity index (χ2n) is 12.8. The van der Waals surface area contributed by atoms with Crippen LogP contribution < -0.4 is 26.6 Å². The lowest BCUT2D eigenvalue weighted by Gasteiger charge is -2.30. The molecule has 48 heavy (non-hydrogen) atoms. The average Bonchev–Trinajstić information content (AvgIpc) is 3.00. The molecule has 1 aromatic rings. The van der Waals surface area contributed by atoms with Crippen LogP contribution >= 0.6 is 0 Å². The topological polar surface area (TPSA) is 229 Å². The number of benzene rings is 1. The van der Waals surface area contributed by atoms with Crippen molar-refractivity contribution in [1.82, 2.24) is 26.6 Å². The van der Waals surface area contributed by atoms with Crippen LogP contribution in [0.25, 0.3) is 0 Å². The molecule has 1 rings (SSSR count). The summed E-state index contributed by atoms with van der Waals surface area (Å²) in [5.74, 6) is -4.09. The van der Waals surface area contributed by atoms with E-state index in [1.54, 1.807) is 27.7 Å². The van der Waals surface area contributed by atoms with Gasteiger partial charge in [0.1, 0.15) is 18.1 Å². The Morgan fingerprint density at radius 1 is 0.875 bits per heavy atom. The molecular formula is C33H54N6O9. The number of carbonyl (C=O) groups excluding carboxylic acids is 5. The number of phenolic OH excluding ortho intramolecular Hbond substituents is 1. The Kier molecular flexibility index (Phi) is 17.5. The van der Waals surface area contributed by atoms with E-state index in [0.29, 0.717) is 25.8 Å². The normalized spacial score (nSPS) is 15.0. The Bertz CT molecular complexity index is 1270. The van der Waals surface area contributed by atoms with E-state index in [9.17, 15) is 44.3 Å². The largest absolute Gasteiger partial charge is 0.502 e. The Hall–Kier alpha value is -4.27. The number of hydrogen-bond acceptors (Lipinski definition) is 9. The van der Waals surface area contributed by atoms with Gasteiger partial charge in [-0.25, -0.2) is 0 Å². The maximum Gasteiger partial charge on any atom is 0.311 e. The molecule has 0 aliphatic heterocycles. The SMILES string of the molecule is CCC[C@H](NC(=O)[C@@H](NC(=O)c1ccc(O)c([N+](=O)[O-])c1)[C@@H](C)CC)C(=O)N[C@@H](CC(C)C)[C@@H](O)CC(=O)N[C@H](C(=O)NCC)C(C)C. The number of nitro benzene ring substituents is 1. The molecule has 0 bridgehead atoms. The second kappa shape index (κ2) is 20.2. The van der Waals surface area contributed by atoms with E-state index >= 15 is 0 Å². The molecule has 270 valence electrons. The fourth-order valence-electron chi connectivity index (χ4n) is 5.04. The van der Waals surface area contributed by atoms with Gasteiger partial charge in [0.2, 0.25) is 23.6 Å². The molecule has 0 saturated heterocycles. The maximum atomic E-state index is 13.6. The highest BCUT2D eigenvalue weighted by Crippen LogP contribution is 2.26. The minimum atomic E-state index is -1.29. The Labute approximate surface area is 282 Å². The van der Waals surface area contributed by atoms with E-state index in [0.717, 1.165) is 12.1 Å². The van der Waals surface area contributed by atoms with Crippen molar-refractivity contribution < 1.29 is 39.1 Å². The second-order valence-corrected chi connectivity index (χ2v) is 12.8. The zero-order chi connectivity index (χ0) is 36.7. The quantitative estimate of drug-likeness (QED) is 0.0791. The van der Waals surface area contributed by atoms with Crippen molar-refractivity contribution in [1.29, 1.82) is 0 Å². The first-order valence-corrected chi connectivity index (χ1v) is 16.6. The van der Waals surface area contributed by atoms with Crippen LogP contribution in [0.5, 0.6) is 5.75 Å². The van der Waals surface area contributed by atoms with Crippen LogP contribution in [0.15, 0.2) is 18.2 Å². The molecule has 0 aliphatic rings. The third-order valence-electron chi connectivity index (χ3n) is 7.96. The predicted molar refractivity (Wildman–Crippen MR) is 180 cm³/mol. The molecule has 5 amide bonds. The highest BCUT2D eigenvalue weighted by molar-refractivity contribution is 5.99. The van der Waals surface area contributed by atoms with Gasteiger partial charge in [-0.3, -0.25) is 34.1 Å². The molecule has 0 aliphatic carbocycles. The van der Waals surface area contributed by atoms with E-state index in [4.69, 9.17) is 0 Å². The van der Waals surface area contributed by atoms with Crippen molar-refractivity contribution in [2.45, 2.75) is 118 Å². The number of aromatic hydroxyl groups is 1. The highest BCUT2D eigenvalue weighted by Gasteiger charge is 2.33. The fraction of sp³-hybridized carbons (Fsp3) is 0.667. The first-order chi connectivity index (χ1) is 22.5. The van der Waals surface area contributed by atoms with Crippen molar-refractivity contribution in [2.75, 3.05) is 6.54 Å². The summed E-state index contributed by atoms with van der Waals surface area (Å²) in [5.41, 5.74) is -0.798. The molecule has 0 radical (unpaired) electrons. The number of phenols is 1. The third-order valence-corrected chi connectivity index (χ3v) is 7.96. The number of nitrogens with zero attached hydrogens (tertiary/aromatic N) is 1. The van der Waals surface area contributed by atoms with Crippen molar-refractivity contribution >= 4 is 35.2 Å². The van der Waals surface area contributed by atoms with Crippen molar-refractivity contribution in [3.8, 4) is 5.75 Å². The molecule has 0 saturated carbocycles. The number of carbonyl (C=O) groups is 5. The molecule has 0 spiro atoms. The number of rotatable bonds is 20. The zero-order valence-electron chi connectivity index (χ0n) is 29.3. The Morgan fingerprint density at radius 2 is 1.52 bits per heavy atom. The lowest BCUT2D eigenvalue weighted by atomic mass is 9.95. The van der Waals surface area contributed by atoms with Crippen molar-refractivity contribution in [3.05, 3.63) is 33.9 Å². The zero-order valence-corrected chi connectivity index (χ0v) is 29.3. The summed E-state index contributed by atoms with van der Waals surface area (Å²) in [7, 11) is 0. The summed E-state index contributed by atoms with van der Waals surface area (Å²) in [6.07, 6.45) is -0.133. The molecule has 15 nitrogen and oxygen atoms in total. The highest BCUT2D eigenvalue weighted by atomic mass is 16.6. The van der Waals surface area contributed by atoms with Gasteiger partial charge in [0.05, 0.1) is 23.5 Å². The molecule has 0 aromatic heterocycles. The van der Waals surface area contributed by atoms with Gasteiger partial charge in [-0.15, -0.1) is 0 Å². The molecule has 7 N–H and O–H groups in total. The summed E-state index contributed by atoms with van der Waals surface area (Å²) in [6.45, 7) is 14.9. The van der Waals surface area contributed by atoms with Gasteiger partial charge >= 0.3 is 5.69 Å². The maximum absolute atomic E-state index is 13.6. The standard InChI is InChI=1S/C33H54N6O9/c1-9-12-22(35-33(46)29(20(8)10-2)38-30(43)21-13-14-25(40)24(16-21)39(47)48)31(44)36-23(15-18(4)5)26(41)17-27(42)37-28(19(6)7)32(45)34-11-3/h13-14,16,18-20,22-23,26,28-29,40-41H,9-12,15,17H2,1-8H3,(H,34,45)(H,35,46)(H,36,44)(H,37,42)(H,38,43)/t20-,22-,23-,26-,28-,29-/m0/s1. The van der Waals surface area contributed by atoms with E-state index in [1.807, 2.05) is 27.7 Å². The molecular weight excluding hydrogens is 624 g/mol. The number of aliphatic hydroxyl groups excluding tert-OH is 1. The van der Waals surface area contributed by atoms with Crippen molar-refractivity contribution in [2.24, 2.45) is 17.8 Å². The van der Waals surface area contributed by atoms with Crippen LogP contribution in [-0.4, -0.2) is 81.5 Å². The average molecular weight is 679 g/mol. The van der Waals surface area contributed by atoms with E-state index in [-0.39, 0.29) is 36.1 Å². The fourth-order valence-corrected chi connectivity index (χ4v) is 5.04. The molecule has 0 unspecified atom stereocenters. The molecule has 15 heteroatoms. The summed E-state index contributed by atoms with van der Waals surface area (Å²) < 4.78 is 0. The third kappa shape index (κ3) is 13.1. The number of nitrogens with one attached hydrogen (secondary N) is 5. The minimum Gasteiger partial charge on any atom is -0.502 e. The van der Waals surface area contributed by atoms with Crippen molar-refractivity contribution in [3.63, 3.8) is 0 Å². The number of likely N-dealkylation sites (N-methyl/N-ethyl adjacent to an activating group) is 1. The predicted octanol–water partition coefficient (Wildman–Crippen LogP) is 2.29. The lowest BCUT2D eigenvalue weighted by molar-refractivity contribution is -0.385. The van der Waals surface area contributed by atoms with Crippen LogP contribution in [-0.2, 0) is 19.2 Å². The van der Waals surface area contributed by atoms with Gasteiger partial charge in [-0.2, -0.15) is 0 Å². The van der Waals surface area contributed by atoms with Crippen LogP contribution in [0, 0.1) is 27.9 Å². The Balaban J connectivity index is 3.13. The van der Waals surface area contributed by atoms with Crippen LogP contribution in [0.3, 0.4) is 0 Å². The minimum absolute atomic E-state index is 0.0201. The first-order valence-electron chi connectivity index (χ1n) is 16.6. The van der Waals surface area contributed by atoms with Gasteiger partial charge < -0.3 is 36.8 Å². The number of aliphatic hydroxyl groups is 1. The van der Waals surface area contributed by atoms with E-state index in [2.05, 4.69) is 26.6 Å². The smallest absolute Gasteiger partial charge is 0.311 e. The monoisotopic (exact) mass is 678 g/mol. The van der Waals surface area contributed by atoms with Gasteiger partial charge in [0, 0.05) is 18.2 Å². The van der Waals surface area contributed by atoms with E-state index < -0.39 is 76.2 Å². The summed E-state index contributed by atoms with van der Waals surface area (Å²) in [6, 6.07) is -0.675. The van der Waals surface area contributed by atoms with Gasteiger partial charge in [-0.1, -0.05) is 61.3 Å². The summed E-state index contributed by atoms with van der Waals surface area (Å²) in [5, 5.41) is 45.5. The van der Waals surface area contributed by atoms with E-state index in [1.165, 1.54) is 6.07 Å². The molecule has 1 aromatic carbocycles. The summed E-state index contributed by atoms with van der Waals surface area (Å²) in [4.78, 5) is 75.8. The van der Waals surface area contributed by atoms with Gasteiger partial charge in [0.15, 0.2) is 5.75 Å². The van der Waals surface area contributed by atoms with Crippen LogP contribution in [0.4, 0.5) is 5.69 Å². The number of amides is 5. The first kappa shape index (κ1) is 41.8. The van der Waals surface area contributed by atoms with Gasteiger partial charge in [0.25, 0.3) is 5.91 Å². The molecule has 6 atom stereocenters. The lowest BCUT2D eigenvalue weighted by Crippen LogP contribution is -2.58. The molecule has 0 heterocycles. The number of nitro groups is 1. The summed E-state index contributed by atoms with van der Waals surface area (Å²) >= 11 is 0. The van der Waals surface area contributed by atoms with Crippen LogP contribution in [0.1, 0.15) is 97.9 Å². The molecule has 0 fully saturated rings. The van der Waals surface area contributed by atoms with Gasteiger partial charge in [-0.05, 0) is 49.7 Å². The Morgan fingerprint density at radius 3 is 2.04 bits per heavy atom. The van der Waals surface area contributed by atoms with Crippen LogP contribution in [0.2, 0.25) is 0 Å². The number of hydrogen-bond donors (Lipinski definition) is 7.